The molecule has 5 rings (SSSR count). The molecule has 6 atom stereocenters. The number of nitrogens with one attached hydrogen (secondary N) is 3. The number of ether oxygens (including phenoxy) is 2. The van der Waals surface area contributed by atoms with E-state index in [1.165, 1.54) is 4.90 Å². The van der Waals surface area contributed by atoms with Crippen molar-refractivity contribution in [3.63, 3.8) is 0 Å². The molecule has 0 aromatic heterocycles. The Morgan fingerprint density at radius 3 is 2.11 bits per heavy atom. The van der Waals surface area contributed by atoms with Crippen molar-refractivity contribution in [1.29, 1.82) is 0 Å². The van der Waals surface area contributed by atoms with Gasteiger partial charge in [-0.3, -0.25) is 19.2 Å². The van der Waals surface area contributed by atoms with Crippen molar-refractivity contribution in [1.82, 2.24) is 20.9 Å². The van der Waals surface area contributed by atoms with Crippen LogP contribution in [0.5, 0.6) is 0 Å². The van der Waals surface area contributed by atoms with Gasteiger partial charge in [0, 0.05) is 6.54 Å². The number of rotatable bonds is 14. The highest BCUT2D eigenvalue weighted by Crippen LogP contribution is 2.65. The fourth-order valence-corrected chi connectivity index (χ4v) is 7.64. The number of likely N-dealkylation sites (tertiary alicyclic amines) is 1. The summed E-state index contributed by atoms with van der Waals surface area (Å²) in [5.41, 5.74) is 4.40. The van der Waals surface area contributed by atoms with Crippen LogP contribution >= 0.6 is 0 Å². The molecule has 1 unspecified atom stereocenters. The molecule has 1 heterocycles. The summed E-state index contributed by atoms with van der Waals surface area (Å²) in [7, 11) is 0. The van der Waals surface area contributed by atoms with Gasteiger partial charge in [0.2, 0.25) is 17.6 Å². The van der Waals surface area contributed by atoms with Crippen molar-refractivity contribution in [3.05, 3.63) is 0 Å². The van der Waals surface area contributed by atoms with Crippen LogP contribution in [0.25, 0.3) is 0 Å². The quantitative estimate of drug-likeness (QED) is 0.162. The second kappa shape index (κ2) is 13.6. The summed E-state index contributed by atoms with van der Waals surface area (Å²) in [6.45, 7) is 10.3. The van der Waals surface area contributed by atoms with E-state index >= 15 is 0 Å². The number of carbonyl (C=O) groups is 6. The minimum absolute atomic E-state index is 0.0332. The zero-order valence-electron chi connectivity index (χ0n) is 28.5. The van der Waals surface area contributed by atoms with Crippen LogP contribution in [0.3, 0.4) is 0 Å². The molecule has 13 heteroatoms. The van der Waals surface area contributed by atoms with Gasteiger partial charge < -0.3 is 36.1 Å². The minimum Gasteiger partial charge on any atom is -0.434 e. The number of amides is 5. The molecule has 5 fully saturated rings. The third kappa shape index (κ3) is 8.38. The van der Waals surface area contributed by atoms with Gasteiger partial charge in [-0.2, -0.15) is 0 Å². The van der Waals surface area contributed by atoms with E-state index in [2.05, 4.69) is 29.8 Å². The summed E-state index contributed by atoms with van der Waals surface area (Å²) in [4.78, 5) is 79.8. The Balaban J connectivity index is 1.26. The normalized spacial score (nSPS) is 26.7. The minimum atomic E-state index is -1.10. The Morgan fingerprint density at radius 2 is 1.53 bits per heavy atom. The summed E-state index contributed by atoms with van der Waals surface area (Å²) in [6.07, 6.45) is 7.33. The van der Waals surface area contributed by atoms with E-state index in [4.69, 9.17) is 15.2 Å². The lowest BCUT2D eigenvalue weighted by Gasteiger charge is -2.38. The molecule has 5 amide bonds. The van der Waals surface area contributed by atoms with Crippen molar-refractivity contribution in [3.8, 4) is 0 Å². The van der Waals surface area contributed by atoms with E-state index in [9.17, 15) is 28.8 Å². The zero-order chi connectivity index (χ0) is 34.3. The van der Waals surface area contributed by atoms with Gasteiger partial charge in [0.25, 0.3) is 5.91 Å². The van der Waals surface area contributed by atoms with Crippen LogP contribution in [0, 0.1) is 40.4 Å². The molecule has 0 bridgehead atoms. The Labute approximate surface area is 277 Å². The number of fused-ring (bicyclic) bond motifs is 1. The largest absolute Gasteiger partial charge is 0.508 e. The van der Waals surface area contributed by atoms with Crippen molar-refractivity contribution in [2.45, 2.75) is 117 Å². The number of Topliss-reactive ketones (excluding diaryl/α,β-unsaturated/α-hetero) is 1. The number of urea groups is 1. The number of hydrogen-bond acceptors (Lipinski definition) is 8. The molecule has 13 nitrogen and oxygen atoms in total. The fraction of sp³-hybridized carbons (Fsp3) is 0.824. The first kappa shape index (κ1) is 34.9. The molecule has 0 radical (unpaired) electrons. The smallest absolute Gasteiger partial charge is 0.434 e. The molecule has 5 aliphatic rings. The summed E-state index contributed by atoms with van der Waals surface area (Å²) < 4.78 is 10.6. The van der Waals surface area contributed by atoms with E-state index < -0.39 is 65.3 Å². The van der Waals surface area contributed by atoms with Gasteiger partial charge in [0.05, 0.1) is 18.7 Å². The number of nitrogens with two attached hydrogens (primary N) is 1. The lowest BCUT2D eigenvalue weighted by Crippen LogP contribution is -2.62. The van der Waals surface area contributed by atoms with Gasteiger partial charge in [0.15, 0.2) is 0 Å². The number of carbonyl (C=O) groups excluding carboxylic acids is 6. The van der Waals surface area contributed by atoms with Crippen LogP contribution in [0.15, 0.2) is 0 Å². The lowest BCUT2D eigenvalue weighted by molar-refractivity contribution is -0.145. The monoisotopic (exact) mass is 659 g/mol. The van der Waals surface area contributed by atoms with Gasteiger partial charge in [-0.15, -0.1) is 0 Å². The van der Waals surface area contributed by atoms with Crippen LogP contribution in [0.2, 0.25) is 0 Å². The molecule has 262 valence electrons. The predicted octanol–water partition coefficient (Wildman–Crippen LogP) is 2.64. The Kier molecular flexibility index (Phi) is 10.1. The lowest BCUT2D eigenvalue weighted by atomic mass is 9.85. The molecule has 0 aromatic rings. The summed E-state index contributed by atoms with van der Waals surface area (Å²) in [5.74, 6) is -2.10. The topological polar surface area (TPSA) is 186 Å². The second-order valence-electron chi connectivity index (χ2n) is 16.2. The van der Waals surface area contributed by atoms with Gasteiger partial charge >= 0.3 is 12.2 Å². The third-order valence-corrected chi connectivity index (χ3v) is 11.1. The van der Waals surface area contributed by atoms with Gasteiger partial charge in [-0.25, -0.2) is 9.59 Å². The molecule has 5 N–H and O–H groups in total. The van der Waals surface area contributed by atoms with Crippen LogP contribution < -0.4 is 21.7 Å². The maximum atomic E-state index is 14.3. The first-order valence-electron chi connectivity index (χ1n) is 17.4. The summed E-state index contributed by atoms with van der Waals surface area (Å²) in [5, 5.41) is 8.62. The summed E-state index contributed by atoms with van der Waals surface area (Å²) >= 11 is 0. The standard InChI is InChI=1S/C34H53N5O8/c1-33(2,3)27(38-31(44)37-23(20-8-6-7-9-20)17-47-32(45)46-16-19-12-13-19)30(43)39-15-21-24(34(21,4)5)25(39)29(42)36-22(14-18-10-11-18)26(40)28(35)41/h18-25,27H,6-17H2,1-5H3,(H2,35,41)(H,36,42)(H2,37,38,44)/t21-,22?,23+,24-,25-,27+/m0/s1. The average Bonchev–Trinajstić information content (AvgIpc) is 3.95. The second-order valence-corrected chi connectivity index (χ2v) is 16.2. The maximum Gasteiger partial charge on any atom is 0.508 e. The van der Waals surface area contributed by atoms with Crippen LogP contribution in [-0.4, -0.2) is 84.5 Å². The number of hydrogen-bond donors (Lipinski definition) is 4. The highest BCUT2D eigenvalue weighted by Gasteiger charge is 2.70. The highest BCUT2D eigenvalue weighted by molar-refractivity contribution is 6.37. The van der Waals surface area contributed by atoms with E-state index in [1.54, 1.807) is 0 Å². The molecule has 47 heavy (non-hydrogen) atoms. The highest BCUT2D eigenvalue weighted by atomic mass is 16.7. The zero-order valence-corrected chi connectivity index (χ0v) is 28.5. The van der Waals surface area contributed by atoms with Crippen LogP contribution in [-0.2, 0) is 28.7 Å². The number of ketones is 1. The van der Waals surface area contributed by atoms with E-state index in [0.29, 0.717) is 25.5 Å². The average molecular weight is 660 g/mol. The van der Waals surface area contributed by atoms with Crippen molar-refractivity contribution in [2.75, 3.05) is 19.8 Å². The Bertz CT molecular complexity index is 1250. The molecule has 1 aliphatic heterocycles. The predicted molar refractivity (Wildman–Crippen MR) is 170 cm³/mol. The van der Waals surface area contributed by atoms with E-state index in [1.807, 2.05) is 20.8 Å². The molecule has 0 spiro atoms. The van der Waals surface area contributed by atoms with Gasteiger partial charge in [-0.1, -0.05) is 60.3 Å². The molecule has 1 saturated heterocycles. The molecule has 4 saturated carbocycles. The first-order chi connectivity index (χ1) is 22.1. The van der Waals surface area contributed by atoms with E-state index in [0.717, 1.165) is 51.4 Å². The molecular weight excluding hydrogens is 606 g/mol. The third-order valence-electron chi connectivity index (χ3n) is 11.1. The van der Waals surface area contributed by atoms with E-state index in [-0.39, 0.29) is 35.7 Å². The maximum absolute atomic E-state index is 14.3. The van der Waals surface area contributed by atoms with Crippen LogP contribution in [0.1, 0.15) is 92.4 Å². The molecular formula is C34H53N5O8. The Hall–Kier alpha value is -3.38. The van der Waals surface area contributed by atoms with Crippen LogP contribution in [0.4, 0.5) is 9.59 Å². The first-order valence-corrected chi connectivity index (χ1v) is 17.4. The Morgan fingerprint density at radius 1 is 0.894 bits per heavy atom. The van der Waals surface area contributed by atoms with Crippen molar-refractivity contribution < 1.29 is 38.2 Å². The molecule has 4 aliphatic carbocycles. The van der Waals surface area contributed by atoms with Crippen molar-refractivity contribution >= 4 is 35.7 Å². The number of piperidine rings is 1. The van der Waals surface area contributed by atoms with Gasteiger partial charge in [-0.05, 0) is 72.5 Å². The van der Waals surface area contributed by atoms with Crippen molar-refractivity contribution in [2.24, 2.45) is 46.2 Å². The number of nitrogens with zero attached hydrogens (tertiary/aromatic N) is 1. The SMILES string of the molecule is CC(C)(C)[C@H](NC(=O)N[C@H](COC(=O)OCC1CC1)C1CCCC1)C(=O)N1C[C@H]2[C@@H]([C@H]1C(=O)NC(CC1CC1)C(=O)C(N)=O)C2(C)C. The fourth-order valence-electron chi connectivity index (χ4n) is 7.64. The number of primary amides is 1. The summed E-state index contributed by atoms with van der Waals surface area (Å²) in [6, 6.07) is -3.89. The van der Waals surface area contributed by atoms with Gasteiger partial charge in [0.1, 0.15) is 18.7 Å². The molecule has 0 aromatic carbocycles.